The van der Waals surface area contributed by atoms with Crippen LogP contribution in [0.4, 0.5) is 5.13 Å². The van der Waals surface area contributed by atoms with E-state index in [0.717, 1.165) is 36.3 Å². The molecule has 3 rings (SSSR count). The number of carbonyl (C=O) groups is 1. The molecule has 1 aromatic heterocycles. The average Bonchev–Trinajstić information content (AvgIpc) is 3.15. The number of anilines is 1. The van der Waals surface area contributed by atoms with Gasteiger partial charge in [0.15, 0.2) is 5.13 Å². The summed E-state index contributed by atoms with van der Waals surface area (Å²) in [5.74, 6) is 0.542. The van der Waals surface area contributed by atoms with E-state index in [1.165, 1.54) is 22.5 Å². The summed E-state index contributed by atoms with van der Waals surface area (Å²) in [6.07, 6.45) is 3.32. The smallest absolute Gasteiger partial charge is 0.257 e. The van der Waals surface area contributed by atoms with Gasteiger partial charge in [-0.15, -0.1) is 11.3 Å². The fraction of sp³-hybridized carbons (Fsp3) is 0.304. The van der Waals surface area contributed by atoms with Crippen LogP contribution in [0, 0.1) is 13.8 Å². The molecule has 0 aliphatic heterocycles. The van der Waals surface area contributed by atoms with Crippen molar-refractivity contribution in [3.8, 4) is 17.0 Å². The van der Waals surface area contributed by atoms with Crippen LogP contribution in [0.3, 0.4) is 0 Å². The lowest BCUT2D eigenvalue weighted by molar-refractivity contribution is 0.102. The molecule has 0 saturated heterocycles. The number of nitrogens with one attached hydrogen (secondary N) is 1. The molecule has 0 radical (unpaired) electrons. The Morgan fingerprint density at radius 2 is 2.00 bits per heavy atom. The van der Waals surface area contributed by atoms with Crippen LogP contribution < -0.4 is 10.1 Å². The molecule has 2 aromatic carbocycles. The summed E-state index contributed by atoms with van der Waals surface area (Å²) in [6, 6.07) is 13.6. The van der Waals surface area contributed by atoms with Gasteiger partial charge in [-0.2, -0.15) is 0 Å². The summed E-state index contributed by atoms with van der Waals surface area (Å²) in [5.41, 5.74) is 4.90. The van der Waals surface area contributed by atoms with Crippen LogP contribution in [0.25, 0.3) is 11.3 Å². The van der Waals surface area contributed by atoms with E-state index in [2.05, 4.69) is 49.3 Å². The molecule has 0 aliphatic rings. The van der Waals surface area contributed by atoms with Gasteiger partial charge in [0.05, 0.1) is 12.3 Å². The van der Waals surface area contributed by atoms with Gasteiger partial charge in [0.2, 0.25) is 0 Å². The first-order valence-corrected chi connectivity index (χ1v) is 10.5. The van der Waals surface area contributed by atoms with E-state index in [4.69, 9.17) is 4.74 Å². The molecular weight excluding hydrogens is 368 g/mol. The third-order valence-corrected chi connectivity index (χ3v) is 5.26. The Labute approximate surface area is 170 Å². The molecule has 146 valence electrons. The van der Waals surface area contributed by atoms with Crippen LogP contribution in [0.5, 0.6) is 5.75 Å². The minimum atomic E-state index is -0.180. The van der Waals surface area contributed by atoms with Crippen molar-refractivity contribution in [1.29, 1.82) is 0 Å². The number of carbonyl (C=O) groups excluding carboxylic acids is 1. The molecule has 4 nitrogen and oxygen atoms in total. The van der Waals surface area contributed by atoms with Gasteiger partial charge in [0.25, 0.3) is 5.91 Å². The molecule has 0 bridgehead atoms. The number of aryl methyl sites for hydroxylation is 2. The predicted octanol–water partition coefficient (Wildman–Crippen LogP) is 6.25. The van der Waals surface area contributed by atoms with Gasteiger partial charge in [-0.1, -0.05) is 43.5 Å². The molecule has 0 fully saturated rings. The molecule has 5 heteroatoms. The Morgan fingerprint density at radius 1 is 1.14 bits per heavy atom. The maximum atomic E-state index is 12.6. The van der Waals surface area contributed by atoms with Crippen LogP contribution in [0.15, 0.2) is 47.8 Å². The minimum absolute atomic E-state index is 0.180. The SMILES string of the molecule is CCCCCOc1cccc(C(=O)Nc2nc(-c3cc(C)ccc3C)cs2)c1. The van der Waals surface area contributed by atoms with Gasteiger partial charge >= 0.3 is 0 Å². The monoisotopic (exact) mass is 394 g/mol. The van der Waals surface area contributed by atoms with Gasteiger partial charge in [-0.05, 0) is 50.1 Å². The second-order valence-electron chi connectivity index (χ2n) is 6.89. The molecule has 0 spiro atoms. The van der Waals surface area contributed by atoms with Crippen molar-refractivity contribution in [2.75, 3.05) is 11.9 Å². The van der Waals surface area contributed by atoms with Crippen LogP contribution >= 0.6 is 11.3 Å². The second-order valence-corrected chi connectivity index (χ2v) is 7.75. The molecule has 1 N–H and O–H groups in total. The summed E-state index contributed by atoms with van der Waals surface area (Å²) in [4.78, 5) is 17.2. The molecule has 1 heterocycles. The van der Waals surface area contributed by atoms with E-state index in [0.29, 0.717) is 17.3 Å². The Hall–Kier alpha value is -2.66. The molecule has 0 unspecified atom stereocenters. The number of hydrogen-bond donors (Lipinski definition) is 1. The van der Waals surface area contributed by atoms with E-state index in [1.54, 1.807) is 12.1 Å². The first kappa shape index (κ1) is 20.1. The van der Waals surface area contributed by atoms with E-state index in [1.807, 2.05) is 17.5 Å². The normalized spacial score (nSPS) is 10.7. The second kappa shape index (κ2) is 9.51. The molecule has 0 saturated carbocycles. The summed E-state index contributed by atoms with van der Waals surface area (Å²) >= 11 is 1.43. The lowest BCUT2D eigenvalue weighted by Gasteiger charge is -2.08. The predicted molar refractivity (Wildman–Crippen MR) is 116 cm³/mol. The topological polar surface area (TPSA) is 51.2 Å². The van der Waals surface area contributed by atoms with Gasteiger partial charge in [-0.25, -0.2) is 4.98 Å². The maximum Gasteiger partial charge on any atom is 0.257 e. The number of rotatable bonds is 8. The molecule has 28 heavy (non-hydrogen) atoms. The van der Waals surface area contributed by atoms with E-state index in [9.17, 15) is 4.79 Å². The number of benzene rings is 2. The van der Waals surface area contributed by atoms with Gasteiger partial charge < -0.3 is 4.74 Å². The molecule has 0 atom stereocenters. The highest BCUT2D eigenvalue weighted by molar-refractivity contribution is 7.14. The Kier molecular flexibility index (Phi) is 6.82. The molecular formula is C23H26N2O2S. The molecule has 3 aromatic rings. The van der Waals surface area contributed by atoms with Crippen LogP contribution in [-0.4, -0.2) is 17.5 Å². The van der Waals surface area contributed by atoms with Crippen molar-refractivity contribution >= 4 is 22.4 Å². The molecule has 1 amide bonds. The first-order valence-electron chi connectivity index (χ1n) is 9.64. The largest absolute Gasteiger partial charge is 0.494 e. The van der Waals surface area contributed by atoms with Crippen molar-refractivity contribution in [2.45, 2.75) is 40.0 Å². The van der Waals surface area contributed by atoms with Gasteiger partial charge in [0, 0.05) is 16.5 Å². The van der Waals surface area contributed by atoms with Crippen molar-refractivity contribution in [1.82, 2.24) is 4.98 Å². The van der Waals surface area contributed by atoms with Crippen molar-refractivity contribution < 1.29 is 9.53 Å². The number of hydrogen-bond acceptors (Lipinski definition) is 4. The average molecular weight is 395 g/mol. The van der Waals surface area contributed by atoms with Crippen molar-refractivity contribution in [3.63, 3.8) is 0 Å². The number of thiazole rings is 1. The van der Waals surface area contributed by atoms with E-state index in [-0.39, 0.29) is 5.91 Å². The third-order valence-electron chi connectivity index (χ3n) is 4.51. The van der Waals surface area contributed by atoms with Crippen LogP contribution in [0.1, 0.15) is 47.7 Å². The van der Waals surface area contributed by atoms with Crippen LogP contribution in [0.2, 0.25) is 0 Å². The van der Waals surface area contributed by atoms with Crippen molar-refractivity contribution in [3.05, 3.63) is 64.5 Å². The Morgan fingerprint density at radius 3 is 2.82 bits per heavy atom. The Balaban J connectivity index is 1.67. The standard InChI is InChI=1S/C23H26N2O2S/c1-4-5-6-12-27-19-9-7-8-18(14-19)22(26)25-23-24-21(15-28-23)20-13-16(2)10-11-17(20)3/h7-11,13-15H,4-6,12H2,1-3H3,(H,24,25,26). The zero-order valence-electron chi connectivity index (χ0n) is 16.6. The van der Waals surface area contributed by atoms with Crippen LogP contribution in [-0.2, 0) is 0 Å². The number of aromatic nitrogens is 1. The van der Waals surface area contributed by atoms with E-state index >= 15 is 0 Å². The Bertz CT molecular complexity index is 949. The summed E-state index contributed by atoms with van der Waals surface area (Å²) < 4.78 is 5.74. The highest BCUT2D eigenvalue weighted by atomic mass is 32.1. The summed E-state index contributed by atoms with van der Waals surface area (Å²) in [5, 5.41) is 5.47. The van der Waals surface area contributed by atoms with E-state index < -0.39 is 0 Å². The fourth-order valence-corrected chi connectivity index (χ4v) is 3.61. The highest BCUT2D eigenvalue weighted by Gasteiger charge is 2.12. The maximum absolute atomic E-state index is 12.6. The van der Waals surface area contributed by atoms with Crippen molar-refractivity contribution in [2.24, 2.45) is 0 Å². The highest BCUT2D eigenvalue weighted by Crippen LogP contribution is 2.28. The lowest BCUT2D eigenvalue weighted by Crippen LogP contribution is -2.12. The minimum Gasteiger partial charge on any atom is -0.494 e. The third kappa shape index (κ3) is 5.20. The molecule has 0 aliphatic carbocycles. The lowest BCUT2D eigenvalue weighted by atomic mass is 10.0. The number of ether oxygens (including phenoxy) is 1. The first-order chi connectivity index (χ1) is 13.6. The van der Waals surface area contributed by atoms with Gasteiger partial charge in [0.1, 0.15) is 5.75 Å². The number of nitrogens with zero attached hydrogens (tertiary/aromatic N) is 1. The fourth-order valence-electron chi connectivity index (χ4n) is 2.91. The summed E-state index contributed by atoms with van der Waals surface area (Å²) in [7, 11) is 0. The summed E-state index contributed by atoms with van der Waals surface area (Å²) in [6.45, 7) is 6.97. The van der Waals surface area contributed by atoms with Gasteiger partial charge in [-0.3, -0.25) is 10.1 Å². The quantitative estimate of drug-likeness (QED) is 0.460. The zero-order chi connectivity index (χ0) is 19.9. The zero-order valence-corrected chi connectivity index (χ0v) is 17.4. The number of amides is 1. The number of unbranched alkanes of at least 4 members (excludes halogenated alkanes) is 2.